The highest BCUT2D eigenvalue weighted by atomic mass is 16.6. The quantitative estimate of drug-likeness (QED) is 0.615. The summed E-state index contributed by atoms with van der Waals surface area (Å²) in [6.07, 6.45) is 1.78. The molecule has 0 radical (unpaired) electrons. The van der Waals surface area contributed by atoms with Crippen LogP contribution in [0.3, 0.4) is 0 Å². The van der Waals surface area contributed by atoms with Gasteiger partial charge in [0.25, 0.3) is 0 Å². The molecule has 31 heavy (non-hydrogen) atoms. The summed E-state index contributed by atoms with van der Waals surface area (Å²) in [6, 6.07) is 19.2. The Bertz CT molecular complexity index is 1080. The zero-order valence-electron chi connectivity index (χ0n) is 17.8. The maximum Gasteiger partial charge on any atom is 0.407 e. The highest BCUT2D eigenvalue weighted by molar-refractivity contribution is 5.68. The minimum absolute atomic E-state index is 0.0606. The van der Waals surface area contributed by atoms with Crippen molar-refractivity contribution in [3.63, 3.8) is 0 Å². The van der Waals surface area contributed by atoms with Gasteiger partial charge in [-0.25, -0.2) is 9.78 Å². The number of hydrogen-bond donors (Lipinski definition) is 1. The molecule has 0 aliphatic heterocycles. The average Bonchev–Trinajstić information content (AvgIpc) is 2.73. The monoisotopic (exact) mass is 416 g/mol. The normalized spacial score (nSPS) is 10.8. The second kappa shape index (κ2) is 9.72. The van der Waals surface area contributed by atoms with Crippen molar-refractivity contribution in [3.05, 3.63) is 72.2 Å². The number of carbonyl (C=O) groups excluding carboxylic acids is 1. The number of rotatable bonds is 6. The molecule has 1 aromatic heterocycles. The molecule has 1 N–H and O–H groups in total. The number of hydrogen-bond acceptors (Lipinski definition) is 6. The molecular formula is C24H24N4O3. The molecule has 0 fully saturated rings. The van der Waals surface area contributed by atoms with Crippen LogP contribution in [-0.2, 0) is 11.2 Å². The molecule has 2 aromatic carbocycles. The zero-order valence-corrected chi connectivity index (χ0v) is 17.8. The van der Waals surface area contributed by atoms with E-state index in [1.165, 1.54) is 6.20 Å². The first-order valence-corrected chi connectivity index (χ1v) is 9.90. The van der Waals surface area contributed by atoms with Gasteiger partial charge in [0.1, 0.15) is 17.4 Å². The topological polar surface area (TPSA) is 97.1 Å². The molecule has 0 atom stereocenters. The highest BCUT2D eigenvalue weighted by Crippen LogP contribution is 2.27. The predicted molar refractivity (Wildman–Crippen MR) is 117 cm³/mol. The van der Waals surface area contributed by atoms with E-state index in [1.807, 2.05) is 75.4 Å². The second-order valence-corrected chi connectivity index (χ2v) is 7.84. The van der Waals surface area contributed by atoms with Crippen molar-refractivity contribution in [2.45, 2.75) is 32.8 Å². The molecule has 7 heteroatoms. The summed E-state index contributed by atoms with van der Waals surface area (Å²) in [6.45, 7) is 6.01. The van der Waals surface area contributed by atoms with Crippen LogP contribution in [0.15, 0.2) is 60.8 Å². The van der Waals surface area contributed by atoms with Gasteiger partial charge in [-0.05, 0) is 56.0 Å². The summed E-state index contributed by atoms with van der Waals surface area (Å²) >= 11 is 0. The molecule has 0 saturated heterocycles. The molecule has 0 bridgehead atoms. The van der Waals surface area contributed by atoms with E-state index >= 15 is 0 Å². The summed E-state index contributed by atoms with van der Waals surface area (Å²) < 4.78 is 11.0. The maximum absolute atomic E-state index is 11.7. The smallest absolute Gasteiger partial charge is 0.407 e. The Morgan fingerprint density at radius 1 is 1.10 bits per heavy atom. The number of benzene rings is 2. The molecule has 0 saturated carbocycles. The number of nitriles is 1. The number of ether oxygens (including phenoxy) is 2. The van der Waals surface area contributed by atoms with Crippen LogP contribution in [-0.4, -0.2) is 28.2 Å². The van der Waals surface area contributed by atoms with E-state index in [0.29, 0.717) is 24.6 Å². The van der Waals surface area contributed by atoms with Crippen molar-refractivity contribution in [2.75, 3.05) is 6.54 Å². The van der Waals surface area contributed by atoms with Gasteiger partial charge in [-0.15, -0.1) is 0 Å². The van der Waals surface area contributed by atoms with Crippen LogP contribution in [0.1, 0.15) is 32.2 Å². The van der Waals surface area contributed by atoms with E-state index in [0.717, 1.165) is 16.7 Å². The summed E-state index contributed by atoms with van der Waals surface area (Å²) in [5.41, 5.74) is 2.63. The number of nitrogens with one attached hydrogen (secondary N) is 1. The molecular weight excluding hydrogens is 392 g/mol. The Morgan fingerprint density at radius 3 is 2.58 bits per heavy atom. The van der Waals surface area contributed by atoms with Crippen LogP contribution in [0.25, 0.3) is 11.1 Å². The lowest BCUT2D eigenvalue weighted by atomic mass is 10.0. The fraction of sp³-hybridized carbons (Fsp3) is 0.250. The molecule has 0 aliphatic rings. The average molecular weight is 416 g/mol. The van der Waals surface area contributed by atoms with Crippen molar-refractivity contribution in [1.82, 2.24) is 15.3 Å². The Labute approximate surface area is 181 Å². The van der Waals surface area contributed by atoms with Gasteiger partial charge in [-0.3, -0.25) is 0 Å². The lowest BCUT2D eigenvalue weighted by Gasteiger charge is -2.19. The third-order valence-corrected chi connectivity index (χ3v) is 4.16. The molecule has 0 unspecified atom stereocenters. The lowest BCUT2D eigenvalue weighted by Crippen LogP contribution is -2.33. The number of alkyl carbamates (subject to hydrolysis) is 1. The maximum atomic E-state index is 11.7. The highest BCUT2D eigenvalue weighted by Gasteiger charge is 2.15. The van der Waals surface area contributed by atoms with E-state index in [9.17, 15) is 4.79 Å². The number of aromatic nitrogens is 2. The minimum Gasteiger partial charge on any atom is -0.444 e. The van der Waals surface area contributed by atoms with E-state index in [1.54, 1.807) is 6.07 Å². The van der Waals surface area contributed by atoms with Crippen molar-refractivity contribution in [1.29, 1.82) is 5.26 Å². The molecule has 158 valence electrons. The van der Waals surface area contributed by atoms with E-state index in [2.05, 4.69) is 15.3 Å². The first-order chi connectivity index (χ1) is 14.8. The number of nitrogens with zero attached hydrogens (tertiary/aromatic N) is 3. The van der Waals surface area contributed by atoms with E-state index in [4.69, 9.17) is 14.7 Å². The van der Waals surface area contributed by atoms with Crippen LogP contribution in [0.5, 0.6) is 11.6 Å². The summed E-state index contributed by atoms with van der Waals surface area (Å²) in [5, 5.41) is 11.7. The third kappa shape index (κ3) is 6.82. The third-order valence-electron chi connectivity index (χ3n) is 4.16. The van der Waals surface area contributed by atoms with Crippen LogP contribution >= 0.6 is 0 Å². The molecule has 1 amide bonds. The fourth-order valence-electron chi connectivity index (χ4n) is 2.80. The summed E-state index contributed by atoms with van der Waals surface area (Å²) in [4.78, 5) is 19.6. The van der Waals surface area contributed by atoms with E-state index in [-0.39, 0.29) is 5.82 Å². The standard InChI is InChI=1S/C24H24N4O3/c1-24(2,3)31-23(29)27-13-11-17-7-9-18(10-8-17)19-5-4-6-20(15-19)30-22-12-14-26-21(16-25)28-22/h4-10,12,14-15H,11,13H2,1-3H3,(H,27,29). The SMILES string of the molecule is CC(C)(C)OC(=O)NCCc1ccc(-c2cccc(Oc3ccnc(C#N)n3)c2)cc1. The van der Waals surface area contributed by atoms with Crippen molar-refractivity contribution < 1.29 is 14.3 Å². The van der Waals surface area contributed by atoms with Crippen molar-refractivity contribution >= 4 is 6.09 Å². The lowest BCUT2D eigenvalue weighted by molar-refractivity contribution is 0.0528. The molecule has 3 aromatic rings. The van der Waals surface area contributed by atoms with Gasteiger partial charge in [-0.2, -0.15) is 10.2 Å². The minimum atomic E-state index is -0.505. The van der Waals surface area contributed by atoms with Crippen LogP contribution < -0.4 is 10.1 Å². The van der Waals surface area contributed by atoms with Gasteiger partial charge >= 0.3 is 6.09 Å². The summed E-state index contributed by atoms with van der Waals surface area (Å²) in [5.74, 6) is 0.993. The zero-order chi connectivity index (χ0) is 22.3. The van der Waals surface area contributed by atoms with Crippen molar-refractivity contribution in [3.8, 4) is 28.8 Å². The van der Waals surface area contributed by atoms with Gasteiger partial charge in [0.15, 0.2) is 0 Å². The molecule has 0 spiro atoms. The first kappa shape index (κ1) is 21.8. The molecule has 0 aliphatic carbocycles. The van der Waals surface area contributed by atoms with Gasteiger partial charge in [0.2, 0.25) is 11.7 Å². The Morgan fingerprint density at radius 2 is 1.87 bits per heavy atom. The van der Waals surface area contributed by atoms with Gasteiger partial charge in [-0.1, -0.05) is 36.4 Å². The van der Waals surface area contributed by atoms with Gasteiger partial charge < -0.3 is 14.8 Å². The van der Waals surface area contributed by atoms with Crippen LogP contribution in [0, 0.1) is 11.3 Å². The largest absolute Gasteiger partial charge is 0.444 e. The fourth-order valence-corrected chi connectivity index (χ4v) is 2.80. The Balaban J connectivity index is 1.60. The molecule has 1 heterocycles. The second-order valence-electron chi connectivity index (χ2n) is 7.84. The first-order valence-electron chi connectivity index (χ1n) is 9.90. The number of amides is 1. The van der Waals surface area contributed by atoms with E-state index < -0.39 is 11.7 Å². The predicted octanol–water partition coefficient (Wildman–Crippen LogP) is 4.87. The van der Waals surface area contributed by atoms with Crippen molar-refractivity contribution in [2.24, 2.45) is 0 Å². The Kier molecular flexibility index (Phi) is 6.83. The summed E-state index contributed by atoms with van der Waals surface area (Å²) in [7, 11) is 0. The Hall–Kier alpha value is -3.92. The molecule has 7 nitrogen and oxygen atoms in total. The van der Waals surface area contributed by atoms with Crippen LogP contribution in [0.4, 0.5) is 4.79 Å². The number of carbonyl (C=O) groups is 1. The van der Waals surface area contributed by atoms with Crippen LogP contribution in [0.2, 0.25) is 0 Å². The van der Waals surface area contributed by atoms with Gasteiger partial charge in [0, 0.05) is 18.8 Å². The molecule has 3 rings (SSSR count). The van der Waals surface area contributed by atoms with Gasteiger partial charge in [0.05, 0.1) is 0 Å².